The molecule has 3 aromatic carbocycles. The second kappa shape index (κ2) is 15.2. The molecular weight excluding hydrogens is 592 g/mol. The molecule has 0 spiro atoms. The molecule has 4 aromatic rings. The van der Waals surface area contributed by atoms with Crippen LogP contribution in [0, 0.1) is 6.92 Å². The molecule has 0 fully saturated rings. The lowest BCUT2D eigenvalue weighted by Crippen LogP contribution is -2.33. The van der Waals surface area contributed by atoms with E-state index in [1.54, 1.807) is 20.2 Å². The van der Waals surface area contributed by atoms with Crippen LogP contribution in [0.3, 0.4) is 0 Å². The topological polar surface area (TPSA) is 130 Å². The van der Waals surface area contributed by atoms with E-state index in [9.17, 15) is 19.5 Å². The number of carbonyl (C=O) groups excluding carboxylic acids is 3. The molecule has 1 heterocycles. The first-order valence-corrected chi connectivity index (χ1v) is 15.3. The zero-order valence-corrected chi connectivity index (χ0v) is 26.9. The third-order valence-electron chi connectivity index (χ3n) is 7.17. The lowest BCUT2D eigenvalue weighted by molar-refractivity contribution is 0.0600. The summed E-state index contributed by atoms with van der Waals surface area (Å²) in [6.07, 6.45) is 1.21. The van der Waals surface area contributed by atoms with Gasteiger partial charge in [0, 0.05) is 41.8 Å². The van der Waals surface area contributed by atoms with Crippen molar-refractivity contribution in [3.63, 3.8) is 0 Å². The van der Waals surface area contributed by atoms with Gasteiger partial charge in [0.2, 0.25) is 0 Å². The SMILES string of the molecule is COC(=O)c1cc(C(=O)NC(C)CCc2ccc(NCc3cccc(OC)c3)c(O)c2)cc(C(=O)N(C)Cc2nc(C)cs2)c1. The van der Waals surface area contributed by atoms with Crippen LogP contribution < -0.4 is 15.4 Å². The van der Waals surface area contributed by atoms with Crippen molar-refractivity contribution in [3.8, 4) is 11.5 Å². The summed E-state index contributed by atoms with van der Waals surface area (Å²) in [5.41, 5.74) is 3.91. The van der Waals surface area contributed by atoms with E-state index in [-0.39, 0.29) is 34.4 Å². The van der Waals surface area contributed by atoms with Crippen molar-refractivity contribution in [1.29, 1.82) is 0 Å². The zero-order chi connectivity index (χ0) is 32.5. The van der Waals surface area contributed by atoms with Crippen LogP contribution in [-0.2, 0) is 24.2 Å². The molecule has 0 aliphatic rings. The number of aromatic nitrogens is 1. The van der Waals surface area contributed by atoms with E-state index in [1.165, 1.54) is 41.5 Å². The number of nitrogens with one attached hydrogen (secondary N) is 2. The molecule has 1 aromatic heterocycles. The molecule has 0 radical (unpaired) electrons. The predicted molar refractivity (Wildman–Crippen MR) is 174 cm³/mol. The number of carbonyl (C=O) groups is 3. The Morgan fingerprint density at radius 1 is 1.00 bits per heavy atom. The van der Waals surface area contributed by atoms with Gasteiger partial charge in [0.25, 0.3) is 11.8 Å². The molecule has 3 N–H and O–H groups in total. The summed E-state index contributed by atoms with van der Waals surface area (Å²) < 4.78 is 10.1. The van der Waals surface area contributed by atoms with Crippen molar-refractivity contribution in [3.05, 3.63) is 105 Å². The number of anilines is 1. The molecule has 0 bridgehead atoms. The Balaban J connectivity index is 1.37. The second-order valence-corrected chi connectivity index (χ2v) is 11.7. The Bertz CT molecular complexity index is 1670. The van der Waals surface area contributed by atoms with Gasteiger partial charge in [-0.2, -0.15) is 0 Å². The maximum Gasteiger partial charge on any atom is 0.337 e. The van der Waals surface area contributed by atoms with Gasteiger partial charge in [-0.3, -0.25) is 9.59 Å². The maximum absolute atomic E-state index is 13.3. The van der Waals surface area contributed by atoms with Gasteiger partial charge in [-0.05, 0) is 80.3 Å². The Kier molecular flexibility index (Phi) is 11.2. The van der Waals surface area contributed by atoms with Crippen LogP contribution in [0.2, 0.25) is 0 Å². The molecule has 10 nitrogen and oxygen atoms in total. The number of aryl methyl sites for hydroxylation is 2. The summed E-state index contributed by atoms with van der Waals surface area (Å²) >= 11 is 1.46. The van der Waals surface area contributed by atoms with Crippen molar-refractivity contribution >= 4 is 34.8 Å². The molecule has 2 amide bonds. The largest absolute Gasteiger partial charge is 0.506 e. The molecule has 45 heavy (non-hydrogen) atoms. The number of aromatic hydroxyl groups is 1. The van der Waals surface area contributed by atoms with Crippen LogP contribution in [0.1, 0.15) is 66.2 Å². The lowest BCUT2D eigenvalue weighted by atomic mass is 10.0. The quantitative estimate of drug-likeness (QED) is 0.129. The van der Waals surface area contributed by atoms with Gasteiger partial charge in [-0.1, -0.05) is 18.2 Å². The highest BCUT2D eigenvalue weighted by molar-refractivity contribution is 7.09. The number of methoxy groups -OCH3 is 2. The molecule has 11 heteroatoms. The molecule has 1 unspecified atom stereocenters. The Labute approximate surface area is 267 Å². The van der Waals surface area contributed by atoms with Gasteiger partial charge in [-0.15, -0.1) is 11.3 Å². The normalized spacial score (nSPS) is 11.4. The van der Waals surface area contributed by atoms with Crippen LogP contribution in [0.4, 0.5) is 5.69 Å². The third kappa shape index (κ3) is 9.05. The molecule has 1 atom stereocenters. The number of ether oxygens (including phenoxy) is 2. The summed E-state index contributed by atoms with van der Waals surface area (Å²) in [7, 11) is 4.51. The van der Waals surface area contributed by atoms with Crippen LogP contribution in [0.15, 0.2) is 66.0 Å². The van der Waals surface area contributed by atoms with E-state index in [2.05, 4.69) is 15.6 Å². The molecule has 0 saturated carbocycles. The second-order valence-electron chi connectivity index (χ2n) is 10.8. The molecule has 4 rings (SSSR count). The minimum absolute atomic E-state index is 0.107. The summed E-state index contributed by atoms with van der Waals surface area (Å²) in [6, 6.07) is 17.3. The molecule has 0 aliphatic heterocycles. The van der Waals surface area contributed by atoms with E-state index < -0.39 is 11.9 Å². The van der Waals surface area contributed by atoms with Crippen LogP contribution in [-0.4, -0.2) is 60.1 Å². The third-order valence-corrected chi connectivity index (χ3v) is 8.12. The fraction of sp³-hybridized carbons (Fsp3) is 0.294. The highest BCUT2D eigenvalue weighted by atomic mass is 32.1. The van der Waals surface area contributed by atoms with Crippen molar-refractivity contribution in [2.24, 2.45) is 0 Å². The predicted octanol–water partition coefficient (Wildman–Crippen LogP) is 5.59. The number of thiazole rings is 1. The number of phenolic OH excluding ortho intramolecular Hbond substituents is 1. The Morgan fingerprint density at radius 3 is 2.44 bits per heavy atom. The fourth-order valence-corrected chi connectivity index (χ4v) is 5.54. The number of benzene rings is 3. The number of phenols is 1. The van der Waals surface area contributed by atoms with E-state index in [0.717, 1.165) is 27.6 Å². The van der Waals surface area contributed by atoms with Gasteiger partial charge in [0.05, 0.1) is 32.0 Å². The summed E-state index contributed by atoms with van der Waals surface area (Å²) in [4.78, 5) is 44.8. The van der Waals surface area contributed by atoms with Crippen LogP contribution in [0.5, 0.6) is 11.5 Å². The number of hydrogen-bond donors (Lipinski definition) is 3. The van der Waals surface area contributed by atoms with Crippen molar-refractivity contribution in [1.82, 2.24) is 15.2 Å². The Hall–Kier alpha value is -4.90. The van der Waals surface area contributed by atoms with Gasteiger partial charge in [0.1, 0.15) is 16.5 Å². The number of esters is 1. The van der Waals surface area contributed by atoms with E-state index in [4.69, 9.17) is 9.47 Å². The van der Waals surface area contributed by atoms with Crippen LogP contribution >= 0.6 is 11.3 Å². The average molecular weight is 631 g/mol. The highest BCUT2D eigenvalue weighted by Gasteiger charge is 2.21. The van der Waals surface area contributed by atoms with Gasteiger partial charge < -0.3 is 30.1 Å². The van der Waals surface area contributed by atoms with E-state index in [1.807, 2.05) is 55.6 Å². The first-order chi connectivity index (χ1) is 21.6. The van der Waals surface area contributed by atoms with Gasteiger partial charge in [0.15, 0.2) is 0 Å². The molecule has 0 saturated heterocycles. The van der Waals surface area contributed by atoms with E-state index in [0.29, 0.717) is 31.6 Å². The molecule has 0 aliphatic carbocycles. The molecular formula is C34H38N4O6S. The highest BCUT2D eigenvalue weighted by Crippen LogP contribution is 2.26. The monoisotopic (exact) mass is 630 g/mol. The number of hydrogen-bond acceptors (Lipinski definition) is 9. The van der Waals surface area contributed by atoms with E-state index >= 15 is 0 Å². The first-order valence-electron chi connectivity index (χ1n) is 14.5. The van der Waals surface area contributed by atoms with Gasteiger partial charge >= 0.3 is 5.97 Å². The Morgan fingerprint density at radius 2 is 1.76 bits per heavy atom. The van der Waals surface area contributed by atoms with Crippen molar-refractivity contribution in [2.45, 2.75) is 45.8 Å². The molecule has 236 valence electrons. The van der Waals surface area contributed by atoms with Gasteiger partial charge in [-0.25, -0.2) is 9.78 Å². The minimum Gasteiger partial charge on any atom is -0.506 e. The lowest BCUT2D eigenvalue weighted by Gasteiger charge is -2.18. The number of nitrogens with zero attached hydrogens (tertiary/aromatic N) is 2. The number of amides is 2. The van der Waals surface area contributed by atoms with Crippen LogP contribution in [0.25, 0.3) is 0 Å². The minimum atomic E-state index is -0.647. The smallest absolute Gasteiger partial charge is 0.337 e. The maximum atomic E-state index is 13.3. The van der Waals surface area contributed by atoms with Crippen molar-refractivity contribution < 1.29 is 29.0 Å². The average Bonchev–Trinajstić information content (AvgIpc) is 3.46. The fourth-order valence-electron chi connectivity index (χ4n) is 4.71. The zero-order valence-electron chi connectivity index (χ0n) is 26.0. The first kappa shape index (κ1) is 33.0. The summed E-state index contributed by atoms with van der Waals surface area (Å²) in [6.45, 7) is 4.59. The van der Waals surface area contributed by atoms with Crippen molar-refractivity contribution in [2.75, 3.05) is 26.6 Å². The number of rotatable bonds is 13. The standard InChI is InChI=1S/C34H38N4O6S/c1-21(9-10-23-11-12-29(30(39)14-23)35-18-24-7-6-8-28(13-24)43-4)37-32(40)25-15-26(17-27(16-25)34(42)44-5)33(41)38(3)19-31-36-22(2)20-45-31/h6-8,11-17,20-21,35,39H,9-10,18-19H2,1-5H3,(H,37,40). The summed E-state index contributed by atoms with van der Waals surface area (Å²) in [5, 5.41) is 19.5. The summed E-state index contributed by atoms with van der Waals surface area (Å²) in [5.74, 6) is -0.507.